The number of unbranched alkanes of at least 4 members (excludes halogenated alkanes) is 5. The van der Waals surface area contributed by atoms with Crippen molar-refractivity contribution in [1.82, 2.24) is 0 Å². The highest BCUT2D eigenvalue weighted by Gasteiger charge is 2.18. The number of primary amides is 1. The van der Waals surface area contributed by atoms with Gasteiger partial charge in [0.05, 0.1) is 26.7 Å². The minimum absolute atomic E-state index is 0. The van der Waals surface area contributed by atoms with Crippen LogP contribution in [-0.2, 0) is 4.79 Å². The first-order chi connectivity index (χ1) is 9.95. The van der Waals surface area contributed by atoms with Crippen LogP contribution in [0.25, 0.3) is 0 Å². The second kappa shape index (κ2) is 18.2. The van der Waals surface area contributed by atoms with Gasteiger partial charge in [-0.3, -0.25) is 4.79 Å². The van der Waals surface area contributed by atoms with Gasteiger partial charge in [0.15, 0.2) is 0 Å². The lowest BCUT2D eigenvalue weighted by molar-refractivity contribution is -0.904. The molecule has 3 nitrogen and oxygen atoms in total. The summed E-state index contributed by atoms with van der Waals surface area (Å²) in [7, 11) is 2.39. The SMILES string of the molecule is C=CC(N)=O.C=CC[N+](C)(CCCCC)CCCCCC.[Cl-]. The van der Waals surface area contributed by atoms with E-state index in [1.165, 1.54) is 62.5 Å². The molecule has 0 saturated carbocycles. The van der Waals surface area contributed by atoms with Crippen molar-refractivity contribution in [2.75, 3.05) is 26.7 Å². The van der Waals surface area contributed by atoms with Gasteiger partial charge in [-0.2, -0.15) is 0 Å². The third-order valence-electron chi connectivity index (χ3n) is 3.62. The third kappa shape index (κ3) is 19.2. The molecule has 0 fully saturated rings. The van der Waals surface area contributed by atoms with Gasteiger partial charge in [0, 0.05) is 0 Å². The van der Waals surface area contributed by atoms with E-state index in [2.05, 4.69) is 45.9 Å². The zero-order valence-electron chi connectivity index (χ0n) is 15.0. The highest BCUT2D eigenvalue weighted by Crippen LogP contribution is 2.11. The Balaban J connectivity index is -0.000000520. The van der Waals surface area contributed by atoms with Gasteiger partial charge in [0.25, 0.3) is 0 Å². The van der Waals surface area contributed by atoms with Crippen LogP contribution in [0.4, 0.5) is 0 Å². The number of hydrogen-bond donors (Lipinski definition) is 1. The summed E-state index contributed by atoms with van der Waals surface area (Å²) in [5.74, 6) is -0.481. The zero-order valence-corrected chi connectivity index (χ0v) is 15.7. The highest BCUT2D eigenvalue weighted by molar-refractivity contribution is 5.84. The van der Waals surface area contributed by atoms with Gasteiger partial charge in [0.2, 0.25) is 5.91 Å². The molecule has 4 heteroatoms. The van der Waals surface area contributed by atoms with Crippen LogP contribution in [0, 0.1) is 0 Å². The van der Waals surface area contributed by atoms with Crippen molar-refractivity contribution in [3.05, 3.63) is 25.3 Å². The smallest absolute Gasteiger partial charge is 0.240 e. The summed E-state index contributed by atoms with van der Waals surface area (Å²) in [6, 6.07) is 0. The fraction of sp³-hybridized carbons (Fsp3) is 0.722. The Morgan fingerprint density at radius 1 is 1.00 bits per heavy atom. The van der Waals surface area contributed by atoms with Crippen molar-refractivity contribution in [2.24, 2.45) is 5.73 Å². The number of carbonyl (C=O) groups excluding carboxylic acids is 1. The Kier molecular flexibility index (Phi) is 21.7. The number of halogens is 1. The normalized spacial score (nSPS) is 12.1. The molecular weight excluding hydrogens is 296 g/mol. The summed E-state index contributed by atoms with van der Waals surface area (Å²) < 4.78 is 1.20. The molecule has 0 aliphatic rings. The van der Waals surface area contributed by atoms with E-state index < -0.39 is 5.91 Å². The molecule has 0 heterocycles. The van der Waals surface area contributed by atoms with E-state index in [4.69, 9.17) is 0 Å². The maximum Gasteiger partial charge on any atom is 0.240 e. The van der Waals surface area contributed by atoms with Gasteiger partial charge in [-0.1, -0.05) is 46.3 Å². The number of likely N-dealkylation sites (N-methyl/N-ethyl adjacent to an activating group) is 1. The largest absolute Gasteiger partial charge is 1.00 e. The Morgan fingerprint density at radius 2 is 1.41 bits per heavy atom. The second-order valence-corrected chi connectivity index (χ2v) is 5.91. The van der Waals surface area contributed by atoms with Crippen LogP contribution in [-0.4, -0.2) is 37.1 Å². The van der Waals surface area contributed by atoms with Crippen molar-refractivity contribution >= 4 is 5.91 Å². The van der Waals surface area contributed by atoms with Gasteiger partial charge < -0.3 is 22.6 Å². The minimum Gasteiger partial charge on any atom is -1.00 e. The molecule has 0 bridgehead atoms. The Hall–Kier alpha value is -0.800. The zero-order chi connectivity index (χ0) is 16.6. The molecule has 2 N–H and O–H groups in total. The first-order valence-electron chi connectivity index (χ1n) is 8.32. The van der Waals surface area contributed by atoms with Crippen molar-refractivity contribution in [3.8, 4) is 0 Å². The fourth-order valence-corrected chi connectivity index (χ4v) is 2.27. The molecule has 132 valence electrons. The maximum atomic E-state index is 9.47. The molecule has 0 spiro atoms. The summed E-state index contributed by atoms with van der Waals surface area (Å²) in [5, 5.41) is 0. The second-order valence-electron chi connectivity index (χ2n) is 5.91. The monoisotopic (exact) mass is 332 g/mol. The van der Waals surface area contributed by atoms with Gasteiger partial charge >= 0.3 is 0 Å². The number of hydrogen-bond acceptors (Lipinski definition) is 1. The summed E-state index contributed by atoms with van der Waals surface area (Å²) in [5.41, 5.74) is 4.53. The van der Waals surface area contributed by atoms with E-state index in [0.29, 0.717) is 0 Å². The van der Waals surface area contributed by atoms with Crippen LogP contribution >= 0.6 is 0 Å². The molecule has 0 aromatic carbocycles. The van der Waals surface area contributed by atoms with Crippen LogP contribution in [0.15, 0.2) is 25.3 Å². The summed E-state index contributed by atoms with van der Waals surface area (Å²) in [4.78, 5) is 9.47. The maximum absolute atomic E-state index is 9.47. The number of carbonyl (C=O) groups is 1. The summed E-state index contributed by atoms with van der Waals surface area (Å²) in [6.45, 7) is 15.3. The lowest BCUT2D eigenvalue weighted by Crippen LogP contribution is -3.00. The predicted molar refractivity (Wildman–Crippen MR) is 94.0 cm³/mol. The first kappa shape index (κ1) is 26.1. The Labute approximate surface area is 144 Å². The average molecular weight is 333 g/mol. The highest BCUT2D eigenvalue weighted by atomic mass is 35.5. The molecule has 0 radical (unpaired) electrons. The first-order valence-corrected chi connectivity index (χ1v) is 8.32. The van der Waals surface area contributed by atoms with E-state index in [-0.39, 0.29) is 12.4 Å². The Morgan fingerprint density at radius 3 is 1.77 bits per heavy atom. The van der Waals surface area contributed by atoms with Crippen molar-refractivity contribution in [3.63, 3.8) is 0 Å². The molecule has 1 amide bonds. The standard InChI is InChI=1S/C15H32N.C3H5NO.ClH/c1-5-8-10-12-15-16(4,13-7-3)14-11-9-6-2;1-2-3(4)5;/h7H,3,5-6,8-15H2,1-2,4H3;2H,1H2,(H2,4,5);1H/q+1;;/p-1. The van der Waals surface area contributed by atoms with E-state index in [1.54, 1.807) is 0 Å². The predicted octanol–water partition coefficient (Wildman–Crippen LogP) is 1.05. The summed E-state index contributed by atoms with van der Waals surface area (Å²) in [6.07, 6.45) is 12.7. The number of quaternary nitrogens is 1. The van der Waals surface area contributed by atoms with Gasteiger partial charge in [-0.25, -0.2) is 0 Å². The molecule has 0 aromatic heterocycles. The summed E-state index contributed by atoms with van der Waals surface area (Å²) >= 11 is 0. The lowest BCUT2D eigenvalue weighted by Gasteiger charge is -2.33. The molecule has 1 atom stereocenters. The van der Waals surface area contributed by atoms with Crippen LogP contribution in [0.1, 0.15) is 58.8 Å². The number of nitrogens with zero attached hydrogens (tertiary/aromatic N) is 1. The molecular formula is C18H37ClN2O. The van der Waals surface area contributed by atoms with Crippen molar-refractivity contribution in [1.29, 1.82) is 0 Å². The molecule has 0 aliphatic heterocycles. The quantitative estimate of drug-likeness (QED) is 0.247. The van der Waals surface area contributed by atoms with Crippen molar-refractivity contribution in [2.45, 2.75) is 58.8 Å². The minimum atomic E-state index is -0.481. The van der Waals surface area contributed by atoms with Gasteiger partial charge in [-0.15, -0.1) is 0 Å². The number of amides is 1. The van der Waals surface area contributed by atoms with Crippen molar-refractivity contribution < 1.29 is 21.7 Å². The molecule has 22 heavy (non-hydrogen) atoms. The van der Waals surface area contributed by atoms with Crippen LogP contribution in [0.3, 0.4) is 0 Å². The Bertz CT molecular complexity index is 282. The van der Waals surface area contributed by atoms with E-state index in [1.807, 2.05) is 0 Å². The van der Waals surface area contributed by atoms with Gasteiger partial charge in [0.1, 0.15) is 0 Å². The fourth-order valence-electron chi connectivity index (χ4n) is 2.27. The van der Waals surface area contributed by atoms with E-state index in [9.17, 15) is 4.79 Å². The van der Waals surface area contributed by atoms with Gasteiger partial charge in [-0.05, 0) is 37.8 Å². The molecule has 0 rings (SSSR count). The van der Waals surface area contributed by atoms with E-state index in [0.717, 1.165) is 12.6 Å². The van der Waals surface area contributed by atoms with E-state index >= 15 is 0 Å². The molecule has 0 saturated heterocycles. The average Bonchev–Trinajstić information content (AvgIpc) is 2.45. The molecule has 1 unspecified atom stereocenters. The number of nitrogens with two attached hydrogens (primary N) is 1. The van der Waals surface area contributed by atoms with Crippen LogP contribution in [0.2, 0.25) is 0 Å². The number of rotatable bonds is 12. The third-order valence-corrected chi connectivity index (χ3v) is 3.62. The topological polar surface area (TPSA) is 43.1 Å². The van der Waals surface area contributed by atoms with Crippen LogP contribution in [0.5, 0.6) is 0 Å². The molecule has 0 aromatic rings. The lowest BCUT2D eigenvalue weighted by atomic mass is 10.1. The van der Waals surface area contributed by atoms with Crippen LogP contribution < -0.4 is 18.1 Å². The molecule has 0 aliphatic carbocycles.